The van der Waals surface area contributed by atoms with Gasteiger partial charge in [-0.25, -0.2) is 0 Å². The highest BCUT2D eigenvalue weighted by Gasteiger charge is 2.11. The minimum absolute atomic E-state index is 0.121. The lowest BCUT2D eigenvalue weighted by molar-refractivity contribution is 1.13. The molecule has 0 aliphatic heterocycles. The van der Waals surface area contributed by atoms with Gasteiger partial charge in [0.25, 0.3) is 0 Å². The van der Waals surface area contributed by atoms with E-state index in [1.807, 2.05) is 18.2 Å². The normalized spacial score (nSPS) is 12.5. The van der Waals surface area contributed by atoms with Crippen molar-refractivity contribution >= 4 is 43.5 Å². The van der Waals surface area contributed by atoms with Crippen LogP contribution in [0.2, 0.25) is 0 Å². The molecule has 1 atom stereocenters. The van der Waals surface area contributed by atoms with Gasteiger partial charge < -0.3 is 0 Å². The first-order valence-electron chi connectivity index (χ1n) is 5.23. The van der Waals surface area contributed by atoms with Crippen molar-refractivity contribution < 1.29 is 0 Å². The lowest BCUT2D eigenvalue weighted by Gasteiger charge is -2.11. The maximum atomic E-state index is 6.49. The number of halogens is 3. The Labute approximate surface area is 123 Å². The molecule has 0 bridgehead atoms. The molecular formula is C14H11Br2Cl. The van der Waals surface area contributed by atoms with Crippen LogP contribution in [0.25, 0.3) is 0 Å². The Morgan fingerprint density at radius 2 is 1.41 bits per heavy atom. The molecule has 0 saturated carbocycles. The Morgan fingerprint density at radius 3 is 1.94 bits per heavy atom. The second-order valence-electron chi connectivity index (χ2n) is 3.98. The standard InChI is InChI=1S/C14H11Br2Cl/c1-9-2-4-10(5-3-9)14(17)11-6-12(15)8-13(16)7-11/h2-8,14H,1H3. The summed E-state index contributed by atoms with van der Waals surface area (Å²) in [6, 6.07) is 14.4. The van der Waals surface area contributed by atoms with Crippen molar-refractivity contribution in [1.82, 2.24) is 0 Å². The van der Waals surface area contributed by atoms with Crippen LogP contribution < -0.4 is 0 Å². The van der Waals surface area contributed by atoms with Gasteiger partial charge in [0.2, 0.25) is 0 Å². The molecule has 0 spiro atoms. The van der Waals surface area contributed by atoms with Crippen LogP contribution in [0, 0.1) is 6.92 Å². The van der Waals surface area contributed by atoms with Gasteiger partial charge in [-0.05, 0) is 36.2 Å². The van der Waals surface area contributed by atoms with Crippen LogP contribution in [0.1, 0.15) is 22.1 Å². The first-order chi connectivity index (χ1) is 8.06. The van der Waals surface area contributed by atoms with Crippen LogP contribution >= 0.6 is 43.5 Å². The Balaban J connectivity index is 2.36. The van der Waals surface area contributed by atoms with E-state index in [9.17, 15) is 0 Å². The predicted octanol–water partition coefficient (Wildman–Crippen LogP) is 5.85. The second kappa shape index (κ2) is 5.55. The molecule has 0 aliphatic rings. The van der Waals surface area contributed by atoms with Crippen molar-refractivity contribution in [3.63, 3.8) is 0 Å². The highest BCUT2D eigenvalue weighted by Crippen LogP contribution is 2.32. The number of hydrogen-bond donors (Lipinski definition) is 0. The van der Waals surface area contributed by atoms with E-state index in [4.69, 9.17) is 11.6 Å². The average Bonchev–Trinajstić information content (AvgIpc) is 2.28. The summed E-state index contributed by atoms with van der Waals surface area (Å²) in [4.78, 5) is 0. The zero-order valence-corrected chi connectivity index (χ0v) is 13.2. The van der Waals surface area contributed by atoms with E-state index >= 15 is 0 Å². The zero-order valence-electron chi connectivity index (χ0n) is 9.25. The van der Waals surface area contributed by atoms with E-state index in [-0.39, 0.29) is 5.38 Å². The van der Waals surface area contributed by atoms with E-state index in [1.165, 1.54) is 5.56 Å². The van der Waals surface area contributed by atoms with E-state index < -0.39 is 0 Å². The summed E-state index contributed by atoms with van der Waals surface area (Å²) in [6.45, 7) is 2.07. The molecule has 0 aromatic heterocycles. The third kappa shape index (κ3) is 3.34. The molecule has 0 saturated heterocycles. The van der Waals surface area contributed by atoms with Gasteiger partial charge in [0, 0.05) is 8.95 Å². The zero-order chi connectivity index (χ0) is 12.4. The van der Waals surface area contributed by atoms with Gasteiger partial charge in [-0.15, -0.1) is 11.6 Å². The van der Waals surface area contributed by atoms with Gasteiger partial charge in [-0.1, -0.05) is 61.7 Å². The number of hydrogen-bond acceptors (Lipinski definition) is 0. The van der Waals surface area contributed by atoms with Gasteiger partial charge in [0.15, 0.2) is 0 Å². The molecule has 0 aliphatic carbocycles. The lowest BCUT2D eigenvalue weighted by Crippen LogP contribution is -1.93. The number of alkyl halides is 1. The number of aryl methyl sites for hydroxylation is 1. The van der Waals surface area contributed by atoms with Crippen LogP contribution in [-0.2, 0) is 0 Å². The Morgan fingerprint density at radius 1 is 0.882 bits per heavy atom. The summed E-state index contributed by atoms with van der Waals surface area (Å²) in [5, 5.41) is -0.121. The SMILES string of the molecule is Cc1ccc(C(Cl)c2cc(Br)cc(Br)c2)cc1. The van der Waals surface area contributed by atoms with Crippen molar-refractivity contribution in [2.24, 2.45) is 0 Å². The monoisotopic (exact) mass is 372 g/mol. The Hall–Kier alpha value is -0.310. The smallest absolute Gasteiger partial charge is 0.0836 e. The summed E-state index contributed by atoms with van der Waals surface area (Å²) in [6.07, 6.45) is 0. The minimum atomic E-state index is -0.121. The summed E-state index contributed by atoms with van der Waals surface area (Å²) < 4.78 is 2.05. The van der Waals surface area contributed by atoms with Crippen molar-refractivity contribution in [2.75, 3.05) is 0 Å². The summed E-state index contributed by atoms with van der Waals surface area (Å²) in [5.74, 6) is 0. The fraction of sp³-hybridized carbons (Fsp3) is 0.143. The molecule has 0 fully saturated rings. The predicted molar refractivity (Wildman–Crippen MR) is 80.7 cm³/mol. The quantitative estimate of drug-likeness (QED) is 0.579. The maximum Gasteiger partial charge on any atom is 0.0836 e. The van der Waals surface area contributed by atoms with Crippen LogP contribution in [0.4, 0.5) is 0 Å². The number of benzene rings is 2. The molecule has 17 heavy (non-hydrogen) atoms. The van der Waals surface area contributed by atoms with Crippen LogP contribution in [0.15, 0.2) is 51.4 Å². The average molecular weight is 375 g/mol. The van der Waals surface area contributed by atoms with Crippen molar-refractivity contribution in [1.29, 1.82) is 0 Å². The molecule has 0 nitrogen and oxygen atoms in total. The first kappa shape index (κ1) is 13.1. The molecule has 1 unspecified atom stereocenters. The Kier molecular flexibility index (Phi) is 4.29. The maximum absolute atomic E-state index is 6.49. The van der Waals surface area contributed by atoms with Crippen molar-refractivity contribution in [2.45, 2.75) is 12.3 Å². The topological polar surface area (TPSA) is 0 Å². The van der Waals surface area contributed by atoms with E-state index in [2.05, 4.69) is 63.0 Å². The second-order valence-corrected chi connectivity index (χ2v) is 6.24. The fourth-order valence-electron chi connectivity index (χ4n) is 1.65. The highest BCUT2D eigenvalue weighted by atomic mass is 79.9. The largest absolute Gasteiger partial charge is 0.113 e. The van der Waals surface area contributed by atoms with Crippen LogP contribution in [-0.4, -0.2) is 0 Å². The first-order valence-corrected chi connectivity index (χ1v) is 7.25. The molecular weight excluding hydrogens is 363 g/mol. The third-order valence-corrected chi connectivity index (χ3v) is 3.97. The molecule has 3 heteroatoms. The summed E-state index contributed by atoms with van der Waals surface area (Å²) >= 11 is 13.4. The Bertz CT molecular complexity index is 500. The van der Waals surface area contributed by atoms with Crippen molar-refractivity contribution in [3.8, 4) is 0 Å². The van der Waals surface area contributed by atoms with E-state index in [1.54, 1.807) is 0 Å². The minimum Gasteiger partial charge on any atom is -0.113 e. The molecule has 88 valence electrons. The van der Waals surface area contributed by atoms with E-state index in [0.717, 1.165) is 20.1 Å². The molecule has 2 aromatic carbocycles. The van der Waals surface area contributed by atoms with Gasteiger partial charge in [0.05, 0.1) is 5.38 Å². The lowest BCUT2D eigenvalue weighted by atomic mass is 10.0. The third-order valence-electron chi connectivity index (χ3n) is 2.55. The molecule has 0 N–H and O–H groups in total. The van der Waals surface area contributed by atoms with Crippen LogP contribution in [0.3, 0.4) is 0 Å². The molecule has 0 heterocycles. The molecule has 2 rings (SSSR count). The number of rotatable bonds is 2. The van der Waals surface area contributed by atoms with Crippen LogP contribution in [0.5, 0.6) is 0 Å². The summed E-state index contributed by atoms with van der Waals surface area (Å²) in [5.41, 5.74) is 3.44. The van der Waals surface area contributed by atoms with Gasteiger partial charge in [-0.3, -0.25) is 0 Å². The fourth-order valence-corrected chi connectivity index (χ4v) is 3.25. The van der Waals surface area contributed by atoms with Gasteiger partial charge in [-0.2, -0.15) is 0 Å². The van der Waals surface area contributed by atoms with Crippen molar-refractivity contribution in [3.05, 3.63) is 68.1 Å². The summed E-state index contributed by atoms with van der Waals surface area (Å²) in [7, 11) is 0. The highest BCUT2D eigenvalue weighted by molar-refractivity contribution is 9.11. The van der Waals surface area contributed by atoms with E-state index in [0.29, 0.717) is 0 Å². The molecule has 0 amide bonds. The molecule has 2 aromatic rings. The molecule has 0 radical (unpaired) electrons. The van der Waals surface area contributed by atoms with Gasteiger partial charge in [0.1, 0.15) is 0 Å². The van der Waals surface area contributed by atoms with Gasteiger partial charge >= 0.3 is 0 Å².